The SMILES string of the molecule is CN(C)CCOc1ccc(-c2cc(-c3ccncc3)c(-c3ccc4c(c3)CCC4=O)o2)cc1. The van der Waals surface area contributed by atoms with Gasteiger partial charge in [0.2, 0.25) is 0 Å². The van der Waals surface area contributed by atoms with Crippen LogP contribution in [0.5, 0.6) is 5.75 Å². The second kappa shape index (κ2) is 9.04. The summed E-state index contributed by atoms with van der Waals surface area (Å²) in [5, 5.41) is 0. The van der Waals surface area contributed by atoms with Gasteiger partial charge in [-0.15, -0.1) is 0 Å². The van der Waals surface area contributed by atoms with Crippen LogP contribution in [0.2, 0.25) is 0 Å². The van der Waals surface area contributed by atoms with Gasteiger partial charge in [0.05, 0.1) is 0 Å². The first-order valence-electron chi connectivity index (χ1n) is 11.2. The van der Waals surface area contributed by atoms with Crippen LogP contribution < -0.4 is 4.74 Å². The Hall–Kier alpha value is -3.70. The number of Topliss-reactive ketones (excluding diaryl/α,β-unsaturated/α-hetero) is 1. The Kier molecular flexibility index (Phi) is 5.80. The minimum Gasteiger partial charge on any atom is -0.492 e. The van der Waals surface area contributed by atoms with Crippen molar-refractivity contribution in [3.8, 4) is 39.5 Å². The van der Waals surface area contributed by atoms with Gasteiger partial charge < -0.3 is 14.1 Å². The number of ketones is 1. The number of benzene rings is 2. The zero-order chi connectivity index (χ0) is 22.8. The number of rotatable bonds is 7. The van der Waals surface area contributed by atoms with E-state index in [1.807, 2.05) is 62.6 Å². The fourth-order valence-electron chi connectivity index (χ4n) is 4.15. The van der Waals surface area contributed by atoms with Gasteiger partial charge in [0.1, 0.15) is 23.9 Å². The first-order chi connectivity index (χ1) is 16.1. The van der Waals surface area contributed by atoms with Crippen LogP contribution in [-0.4, -0.2) is 42.9 Å². The molecule has 33 heavy (non-hydrogen) atoms. The third-order valence-corrected chi connectivity index (χ3v) is 5.96. The van der Waals surface area contributed by atoms with Gasteiger partial charge in [-0.05, 0) is 80.2 Å². The largest absolute Gasteiger partial charge is 0.492 e. The van der Waals surface area contributed by atoms with E-state index in [2.05, 4.69) is 22.0 Å². The summed E-state index contributed by atoms with van der Waals surface area (Å²) in [5.74, 6) is 2.64. The molecule has 0 saturated carbocycles. The first kappa shape index (κ1) is 21.2. The average Bonchev–Trinajstić information content (AvgIpc) is 3.44. The van der Waals surface area contributed by atoms with Crippen LogP contribution in [0, 0.1) is 0 Å². The van der Waals surface area contributed by atoms with E-state index >= 15 is 0 Å². The minimum atomic E-state index is 0.221. The second-order valence-corrected chi connectivity index (χ2v) is 8.56. The molecule has 0 saturated heterocycles. The lowest BCUT2D eigenvalue weighted by molar-refractivity contribution is 0.0994. The fourth-order valence-corrected chi connectivity index (χ4v) is 4.15. The summed E-state index contributed by atoms with van der Waals surface area (Å²) in [6, 6.07) is 20.0. The molecule has 2 aromatic carbocycles. The number of pyridine rings is 1. The smallest absolute Gasteiger partial charge is 0.163 e. The van der Waals surface area contributed by atoms with E-state index in [9.17, 15) is 4.79 Å². The normalized spacial score (nSPS) is 12.9. The minimum absolute atomic E-state index is 0.221. The summed E-state index contributed by atoms with van der Waals surface area (Å²) in [6.07, 6.45) is 4.94. The topological polar surface area (TPSA) is 55.6 Å². The number of carbonyl (C=O) groups is 1. The maximum absolute atomic E-state index is 12.1. The Morgan fingerprint density at radius 3 is 2.39 bits per heavy atom. The molecule has 4 aromatic rings. The van der Waals surface area contributed by atoms with Crippen molar-refractivity contribution in [1.29, 1.82) is 0 Å². The van der Waals surface area contributed by atoms with Crippen molar-refractivity contribution in [2.75, 3.05) is 27.2 Å². The predicted molar refractivity (Wildman–Crippen MR) is 130 cm³/mol. The third kappa shape index (κ3) is 4.45. The summed E-state index contributed by atoms with van der Waals surface area (Å²) in [5.41, 5.74) is 5.92. The van der Waals surface area contributed by atoms with E-state index < -0.39 is 0 Å². The number of carbonyl (C=O) groups excluding carboxylic acids is 1. The molecule has 0 atom stereocenters. The summed E-state index contributed by atoms with van der Waals surface area (Å²) in [4.78, 5) is 18.3. The van der Waals surface area contributed by atoms with Crippen molar-refractivity contribution in [3.63, 3.8) is 0 Å². The van der Waals surface area contributed by atoms with Crippen molar-refractivity contribution in [1.82, 2.24) is 9.88 Å². The lowest BCUT2D eigenvalue weighted by Gasteiger charge is -2.11. The van der Waals surface area contributed by atoms with Gasteiger partial charge in [0.25, 0.3) is 0 Å². The number of furan rings is 1. The summed E-state index contributed by atoms with van der Waals surface area (Å²) >= 11 is 0. The Bertz CT molecular complexity index is 1270. The van der Waals surface area contributed by atoms with E-state index in [1.54, 1.807) is 12.4 Å². The van der Waals surface area contributed by atoms with Crippen LogP contribution in [0.1, 0.15) is 22.3 Å². The van der Waals surface area contributed by atoms with Gasteiger partial charge in [0.15, 0.2) is 5.78 Å². The quantitative estimate of drug-likeness (QED) is 0.368. The molecule has 0 bridgehead atoms. The lowest BCUT2D eigenvalue weighted by Crippen LogP contribution is -2.19. The molecule has 0 fully saturated rings. The van der Waals surface area contributed by atoms with Crippen molar-refractivity contribution in [3.05, 3.63) is 84.2 Å². The molecule has 2 aromatic heterocycles. The first-order valence-corrected chi connectivity index (χ1v) is 11.2. The van der Waals surface area contributed by atoms with Gasteiger partial charge in [-0.3, -0.25) is 9.78 Å². The molecule has 0 amide bonds. The Morgan fingerprint density at radius 1 is 0.879 bits per heavy atom. The number of aromatic nitrogens is 1. The van der Waals surface area contributed by atoms with Gasteiger partial charge in [-0.1, -0.05) is 12.1 Å². The van der Waals surface area contributed by atoms with Crippen LogP contribution in [0.3, 0.4) is 0 Å². The van der Waals surface area contributed by atoms with Crippen LogP contribution in [0.15, 0.2) is 77.5 Å². The van der Waals surface area contributed by atoms with Crippen molar-refractivity contribution in [2.24, 2.45) is 0 Å². The molecule has 5 nitrogen and oxygen atoms in total. The van der Waals surface area contributed by atoms with E-state index in [0.717, 1.165) is 63.6 Å². The molecule has 1 aliphatic rings. The van der Waals surface area contributed by atoms with E-state index in [-0.39, 0.29) is 5.78 Å². The van der Waals surface area contributed by atoms with Crippen LogP contribution in [0.25, 0.3) is 33.8 Å². The van der Waals surface area contributed by atoms with Crippen molar-refractivity contribution < 1.29 is 13.9 Å². The zero-order valence-corrected chi connectivity index (χ0v) is 18.9. The van der Waals surface area contributed by atoms with Gasteiger partial charge >= 0.3 is 0 Å². The number of ether oxygens (including phenoxy) is 1. The number of nitrogens with zero attached hydrogens (tertiary/aromatic N) is 2. The van der Waals surface area contributed by atoms with Gasteiger partial charge in [0, 0.05) is 47.6 Å². The lowest BCUT2D eigenvalue weighted by atomic mass is 9.99. The molecular formula is C28H26N2O3. The highest BCUT2D eigenvalue weighted by Gasteiger charge is 2.22. The predicted octanol–water partition coefficient (Wildman–Crippen LogP) is 5.74. The maximum Gasteiger partial charge on any atom is 0.163 e. The molecule has 166 valence electrons. The maximum atomic E-state index is 12.1. The van der Waals surface area contributed by atoms with E-state index in [0.29, 0.717) is 13.0 Å². The van der Waals surface area contributed by atoms with Crippen molar-refractivity contribution in [2.45, 2.75) is 12.8 Å². The number of aryl methyl sites for hydroxylation is 1. The molecule has 5 rings (SSSR count). The molecule has 0 spiro atoms. The highest BCUT2D eigenvalue weighted by atomic mass is 16.5. The van der Waals surface area contributed by atoms with Gasteiger partial charge in [-0.25, -0.2) is 0 Å². The van der Waals surface area contributed by atoms with E-state index in [1.165, 1.54) is 0 Å². The third-order valence-electron chi connectivity index (χ3n) is 5.96. The van der Waals surface area contributed by atoms with Gasteiger partial charge in [-0.2, -0.15) is 0 Å². The number of likely N-dealkylation sites (N-methyl/N-ethyl adjacent to an activating group) is 1. The molecular weight excluding hydrogens is 412 g/mol. The zero-order valence-electron chi connectivity index (χ0n) is 18.9. The average molecular weight is 439 g/mol. The molecule has 0 radical (unpaired) electrons. The Morgan fingerprint density at radius 2 is 1.64 bits per heavy atom. The molecule has 0 aliphatic heterocycles. The summed E-state index contributed by atoms with van der Waals surface area (Å²) < 4.78 is 12.2. The number of fused-ring (bicyclic) bond motifs is 1. The van der Waals surface area contributed by atoms with Crippen LogP contribution in [-0.2, 0) is 6.42 Å². The summed E-state index contributed by atoms with van der Waals surface area (Å²) in [7, 11) is 4.06. The molecule has 5 heteroatoms. The molecule has 1 aliphatic carbocycles. The number of hydrogen-bond acceptors (Lipinski definition) is 5. The fraction of sp³-hybridized carbons (Fsp3) is 0.214. The van der Waals surface area contributed by atoms with Crippen LogP contribution >= 0.6 is 0 Å². The Balaban J connectivity index is 1.50. The standard InChI is InChI=1S/C28H26N2O3/c1-30(2)15-16-32-23-7-3-20(4-8-23)27-18-25(19-11-13-29-14-12-19)28(33-27)22-5-9-24-21(17-22)6-10-26(24)31/h3-5,7-9,11-14,17-18H,6,10,15-16H2,1-2H3. The van der Waals surface area contributed by atoms with Crippen molar-refractivity contribution >= 4 is 5.78 Å². The summed E-state index contributed by atoms with van der Waals surface area (Å²) in [6.45, 7) is 1.51. The highest BCUT2D eigenvalue weighted by molar-refractivity contribution is 6.01. The number of hydrogen-bond donors (Lipinski definition) is 0. The molecule has 0 unspecified atom stereocenters. The highest BCUT2D eigenvalue weighted by Crippen LogP contribution is 2.40. The van der Waals surface area contributed by atoms with E-state index in [4.69, 9.17) is 9.15 Å². The monoisotopic (exact) mass is 438 g/mol. The molecule has 2 heterocycles. The molecule has 0 N–H and O–H groups in total. The van der Waals surface area contributed by atoms with Crippen LogP contribution in [0.4, 0.5) is 0 Å². The Labute approximate surface area is 193 Å². The second-order valence-electron chi connectivity index (χ2n) is 8.56.